The van der Waals surface area contributed by atoms with E-state index in [-0.39, 0.29) is 6.42 Å². The summed E-state index contributed by atoms with van der Waals surface area (Å²) in [5.74, 6) is -8.79. The van der Waals surface area contributed by atoms with Gasteiger partial charge in [-0.15, -0.1) is 0 Å². The first-order chi connectivity index (χ1) is 20.9. The molecule has 0 aromatic rings. The third-order valence-corrected chi connectivity index (χ3v) is 8.61. The largest absolute Gasteiger partial charge is 0.406 e. The summed E-state index contributed by atoms with van der Waals surface area (Å²) in [5.41, 5.74) is 0. The molecule has 0 unspecified atom stereocenters. The van der Waals surface area contributed by atoms with Crippen molar-refractivity contribution in [3.05, 3.63) is 0 Å². The number of rotatable bonds is 15. The zero-order valence-corrected chi connectivity index (χ0v) is 24.9. The molecule has 0 saturated carbocycles. The van der Waals surface area contributed by atoms with Crippen LogP contribution < -0.4 is 0 Å². The summed E-state index contributed by atoms with van der Waals surface area (Å²) in [6.07, 6.45) is -21.1. The molecule has 3 aliphatic rings. The van der Waals surface area contributed by atoms with Gasteiger partial charge in [0.25, 0.3) is 5.79 Å². The number of ketones is 1. The normalized spacial score (nSPS) is 43.2. The number of carbonyl (C=O) groups excluding carboxylic acids is 1. The van der Waals surface area contributed by atoms with E-state index in [0.29, 0.717) is 12.8 Å². The van der Waals surface area contributed by atoms with Gasteiger partial charge in [-0.2, -0.15) is 12.6 Å². The fourth-order valence-corrected chi connectivity index (χ4v) is 6.01. The molecular formula is C24H42O20S. The van der Waals surface area contributed by atoms with E-state index in [9.17, 15) is 69.4 Å². The summed E-state index contributed by atoms with van der Waals surface area (Å²) >= 11 is 0. The minimum absolute atomic E-state index is 0.155. The Kier molecular flexibility index (Phi) is 13.2. The Morgan fingerprint density at radius 1 is 0.800 bits per heavy atom. The van der Waals surface area contributed by atoms with Gasteiger partial charge in [-0.05, 0) is 6.42 Å². The molecule has 3 heterocycles. The van der Waals surface area contributed by atoms with Gasteiger partial charge in [-0.25, -0.2) is 4.18 Å². The summed E-state index contributed by atoms with van der Waals surface area (Å²) in [4.78, 5) is 12.7. The topological polar surface area (TPSA) is 329 Å². The van der Waals surface area contributed by atoms with E-state index in [1.807, 2.05) is 6.92 Å². The Balaban J connectivity index is 1.65. The average Bonchev–Trinajstić information content (AvgIpc) is 3.20. The summed E-state index contributed by atoms with van der Waals surface area (Å²) in [7, 11) is -5.26. The van der Waals surface area contributed by atoms with E-state index < -0.39 is 128 Å². The lowest BCUT2D eigenvalue weighted by atomic mass is 9.90. The van der Waals surface area contributed by atoms with Crippen LogP contribution in [-0.4, -0.2) is 175 Å². The standard InChI is InChI=1S/C24H42O20S/c1-2-3-4-5-6-13(27)23(35)24(36,44-45(37,38)43-23)20(34)10(26)8-39-21-19(33)17(31)15(29)12(42-21)9-40-22-18(32)16(30)14(28)11(7-25)41-22/h10-12,14-22,25-26,28-36H,2-9H2,1H3/t10-,11-,12-,14-,15-,16+,17+,18-,19-,20-,21+,22+,23-,24+/m1/s1. The summed E-state index contributed by atoms with van der Waals surface area (Å²) in [6.45, 7) is -0.731. The van der Waals surface area contributed by atoms with Crippen LogP contribution >= 0.6 is 0 Å². The fraction of sp³-hybridized carbons (Fsp3) is 0.958. The van der Waals surface area contributed by atoms with Crippen molar-refractivity contribution in [2.45, 2.75) is 124 Å². The van der Waals surface area contributed by atoms with Gasteiger partial charge in [0, 0.05) is 6.42 Å². The Hall–Kier alpha value is -1.06. The molecule has 3 fully saturated rings. The minimum Gasteiger partial charge on any atom is -0.394 e. The molecule has 11 N–H and O–H groups in total. The van der Waals surface area contributed by atoms with E-state index >= 15 is 0 Å². The maximum Gasteiger partial charge on any atom is 0.406 e. The van der Waals surface area contributed by atoms with Gasteiger partial charge in [0.15, 0.2) is 18.4 Å². The van der Waals surface area contributed by atoms with Gasteiger partial charge in [0.1, 0.15) is 61.0 Å². The fourth-order valence-electron chi connectivity index (χ4n) is 4.95. The number of Topliss-reactive ketones (excluding diaryl/α,β-unsaturated/α-hetero) is 1. The average molecular weight is 683 g/mol. The number of hydrogen-bond donors (Lipinski definition) is 11. The molecular weight excluding hydrogens is 640 g/mol. The highest BCUT2D eigenvalue weighted by Crippen LogP contribution is 2.42. The minimum atomic E-state index is -5.26. The molecule has 3 saturated heterocycles. The zero-order chi connectivity index (χ0) is 33.9. The highest BCUT2D eigenvalue weighted by molar-refractivity contribution is 7.82. The summed E-state index contributed by atoms with van der Waals surface area (Å²) in [5, 5.41) is 113. The van der Waals surface area contributed by atoms with Crippen LogP contribution in [0, 0.1) is 0 Å². The molecule has 20 nitrogen and oxygen atoms in total. The monoisotopic (exact) mass is 682 g/mol. The Labute approximate surface area is 257 Å². The molecule has 0 aromatic heterocycles. The maximum absolute atomic E-state index is 12.7. The zero-order valence-electron chi connectivity index (χ0n) is 24.1. The third kappa shape index (κ3) is 8.16. The molecule has 0 bridgehead atoms. The molecule has 0 spiro atoms. The van der Waals surface area contributed by atoms with Crippen LogP contribution in [0.4, 0.5) is 0 Å². The molecule has 3 rings (SSSR count). The third-order valence-electron chi connectivity index (χ3n) is 7.71. The van der Waals surface area contributed by atoms with Crippen LogP contribution in [0.15, 0.2) is 0 Å². The molecule has 21 heteroatoms. The predicted molar refractivity (Wildman–Crippen MR) is 139 cm³/mol. The highest BCUT2D eigenvalue weighted by atomic mass is 32.3. The maximum atomic E-state index is 12.7. The molecule has 3 aliphatic heterocycles. The van der Waals surface area contributed by atoms with Crippen LogP contribution in [0.3, 0.4) is 0 Å². The van der Waals surface area contributed by atoms with Crippen molar-refractivity contribution < 1.29 is 96.7 Å². The van der Waals surface area contributed by atoms with E-state index in [1.54, 1.807) is 0 Å². The Morgan fingerprint density at radius 3 is 1.93 bits per heavy atom. The van der Waals surface area contributed by atoms with Crippen LogP contribution in [0.1, 0.15) is 39.0 Å². The first kappa shape index (κ1) is 38.4. The smallest absolute Gasteiger partial charge is 0.394 e. The Bertz CT molecular complexity index is 1080. The second-order valence-corrected chi connectivity index (χ2v) is 12.2. The highest BCUT2D eigenvalue weighted by Gasteiger charge is 2.72. The second-order valence-electron chi connectivity index (χ2n) is 11.0. The van der Waals surface area contributed by atoms with Gasteiger partial charge in [0.2, 0.25) is 0 Å². The van der Waals surface area contributed by atoms with Crippen LogP contribution in [0.25, 0.3) is 0 Å². The van der Waals surface area contributed by atoms with E-state index in [0.717, 1.165) is 6.42 Å². The quantitative estimate of drug-likeness (QED) is 0.0715. The van der Waals surface area contributed by atoms with E-state index in [4.69, 9.17) is 18.9 Å². The van der Waals surface area contributed by atoms with Crippen molar-refractivity contribution in [3.63, 3.8) is 0 Å². The van der Waals surface area contributed by atoms with E-state index in [1.165, 1.54) is 0 Å². The number of hydrogen-bond acceptors (Lipinski definition) is 20. The molecule has 14 atom stereocenters. The number of aliphatic hydroxyl groups excluding tert-OH is 9. The summed E-state index contributed by atoms with van der Waals surface area (Å²) in [6, 6.07) is 0. The van der Waals surface area contributed by atoms with Crippen molar-refractivity contribution in [3.8, 4) is 0 Å². The van der Waals surface area contributed by atoms with E-state index in [2.05, 4.69) is 8.37 Å². The van der Waals surface area contributed by atoms with Gasteiger partial charge >= 0.3 is 16.2 Å². The van der Waals surface area contributed by atoms with Crippen molar-refractivity contribution in [2.75, 3.05) is 19.8 Å². The van der Waals surface area contributed by atoms with Gasteiger partial charge < -0.3 is 75.1 Å². The van der Waals surface area contributed by atoms with Crippen molar-refractivity contribution >= 4 is 16.2 Å². The SMILES string of the molecule is CCCCCCC(=O)[C@@]1(O)OS(=O)(=O)O[C@@]1(O)[C@H](O)[C@H](O)CO[C@H]1O[C@H](CO[C@H]2O[C@H](CO)[C@@H](O)[C@H](O)[C@H]2O)[C@@H](O)[C@H](O)[C@H]1O. The number of unbranched alkanes of at least 4 members (excludes halogenated alkanes) is 3. The predicted octanol–water partition coefficient (Wildman–Crippen LogP) is -6.44. The molecule has 45 heavy (non-hydrogen) atoms. The van der Waals surface area contributed by atoms with Crippen LogP contribution in [0.2, 0.25) is 0 Å². The molecule has 0 aliphatic carbocycles. The lowest BCUT2D eigenvalue weighted by Crippen LogP contribution is -2.66. The van der Waals surface area contributed by atoms with Gasteiger partial charge in [-0.3, -0.25) is 4.79 Å². The van der Waals surface area contributed by atoms with Crippen LogP contribution in [0.5, 0.6) is 0 Å². The molecule has 264 valence electrons. The molecule has 0 aromatic carbocycles. The van der Waals surface area contributed by atoms with Gasteiger partial charge in [0.05, 0.1) is 19.8 Å². The molecule has 0 radical (unpaired) electrons. The number of aliphatic hydroxyl groups is 11. The van der Waals surface area contributed by atoms with Crippen molar-refractivity contribution in [1.82, 2.24) is 0 Å². The van der Waals surface area contributed by atoms with Crippen molar-refractivity contribution in [1.29, 1.82) is 0 Å². The van der Waals surface area contributed by atoms with Crippen molar-refractivity contribution in [2.24, 2.45) is 0 Å². The number of carbonyl (C=O) groups is 1. The lowest BCUT2D eigenvalue weighted by molar-refractivity contribution is -0.341. The Morgan fingerprint density at radius 2 is 1.36 bits per heavy atom. The first-order valence-electron chi connectivity index (χ1n) is 14.2. The lowest BCUT2D eigenvalue weighted by Gasteiger charge is -2.43. The molecule has 0 amide bonds. The van der Waals surface area contributed by atoms with Crippen LogP contribution in [-0.2, 0) is 42.5 Å². The number of ether oxygens (including phenoxy) is 4. The second kappa shape index (κ2) is 15.4. The summed E-state index contributed by atoms with van der Waals surface area (Å²) < 4.78 is 53.5. The first-order valence-corrected chi connectivity index (χ1v) is 15.5. The van der Waals surface area contributed by atoms with Gasteiger partial charge in [-0.1, -0.05) is 26.2 Å².